The van der Waals surface area contributed by atoms with Crippen LogP contribution in [0, 0.1) is 5.82 Å². The number of carbonyl (C=O) groups excluding carboxylic acids is 1. The van der Waals surface area contributed by atoms with Crippen molar-refractivity contribution >= 4 is 11.6 Å². The van der Waals surface area contributed by atoms with Crippen molar-refractivity contribution in [2.75, 3.05) is 11.9 Å². The zero-order valence-corrected chi connectivity index (χ0v) is 10.4. The first kappa shape index (κ1) is 11.7. The Bertz CT molecular complexity index is 642. The lowest BCUT2D eigenvalue weighted by molar-refractivity contribution is 0.0927. The highest BCUT2D eigenvalue weighted by atomic mass is 19.1. The fourth-order valence-corrected chi connectivity index (χ4v) is 2.39. The largest absolute Gasteiger partial charge is 0.350 e. The average Bonchev–Trinajstić information content (AvgIpc) is 2.44. The Labute approximate surface area is 110 Å². The molecular weight excluding hydrogens is 243 g/mol. The second-order valence-electron chi connectivity index (χ2n) is 4.53. The van der Waals surface area contributed by atoms with E-state index in [-0.39, 0.29) is 11.7 Å². The molecular formula is C15H13FN2O. The molecule has 4 heteroatoms. The SMILES string of the molecule is CN1c2ccccc2C(=O)N[C@H]1c1ccccc1F. The third kappa shape index (κ3) is 1.85. The summed E-state index contributed by atoms with van der Waals surface area (Å²) < 4.78 is 13.9. The number of halogens is 1. The maximum atomic E-state index is 13.9. The van der Waals surface area contributed by atoms with E-state index in [0.29, 0.717) is 11.1 Å². The Hall–Kier alpha value is -2.36. The van der Waals surface area contributed by atoms with E-state index >= 15 is 0 Å². The van der Waals surface area contributed by atoms with Crippen LogP contribution in [-0.2, 0) is 0 Å². The molecule has 1 aliphatic heterocycles. The maximum Gasteiger partial charge on any atom is 0.255 e. The number of amides is 1. The van der Waals surface area contributed by atoms with Crippen molar-refractivity contribution in [3.63, 3.8) is 0 Å². The molecule has 1 aliphatic rings. The molecule has 0 fully saturated rings. The van der Waals surface area contributed by atoms with Gasteiger partial charge in [0.15, 0.2) is 0 Å². The lowest BCUT2D eigenvalue weighted by Crippen LogP contribution is -2.44. The zero-order chi connectivity index (χ0) is 13.4. The van der Waals surface area contributed by atoms with Crippen LogP contribution in [0.1, 0.15) is 22.1 Å². The standard InChI is InChI=1S/C15H13FN2O/c1-18-13-9-5-3-7-11(13)15(19)17-14(18)10-6-2-4-8-12(10)16/h2-9,14H,1H3,(H,17,19)/t14-/m1/s1. The smallest absolute Gasteiger partial charge is 0.255 e. The van der Waals surface area contributed by atoms with Crippen molar-refractivity contribution in [1.29, 1.82) is 0 Å². The van der Waals surface area contributed by atoms with Crippen molar-refractivity contribution in [1.82, 2.24) is 5.32 Å². The lowest BCUT2D eigenvalue weighted by Gasteiger charge is -2.36. The summed E-state index contributed by atoms with van der Waals surface area (Å²) in [6.07, 6.45) is -0.483. The fourth-order valence-electron chi connectivity index (χ4n) is 2.39. The van der Waals surface area contributed by atoms with Crippen LogP contribution in [0.5, 0.6) is 0 Å². The number of para-hydroxylation sites is 1. The van der Waals surface area contributed by atoms with Gasteiger partial charge in [0.2, 0.25) is 0 Å². The molecule has 2 aromatic rings. The number of benzene rings is 2. The minimum absolute atomic E-state index is 0.179. The number of carbonyl (C=O) groups is 1. The Balaban J connectivity index is 2.08. The summed E-state index contributed by atoms with van der Waals surface area (Å²) in [6.45, 7) is 0. The van der Waals surface area contributed by atoms with E-state index in [4.69, 9.17) is 0 Å². The summed E-state index contributed by atoms with van der Waals surface area (Å²) in [5, 5.41) is 2.83. The van der Waals surface area contributed by atoms with Crippen molar-refractivity contribution in [3.05, 3.63) is 65.5 Å². The molecule has 1 N–H and O–H groups in total. The quantitative estimate of drug-likeness (QED) is 0.850. The summed E-state index contributed by atoms with van der Waals surface area (Å²) in [7, 11) is 1.84. The molecule has 19 heavy (non-hydrogen) atoms. The van der Waals surface area contributed by atoms with Gasteiger partial charge in [0.05, 0.1) is 11.3 Å². The molecule has 0 radical (unpaired) electrons. The minimum Gasteiger partial charge on any atom is -0.350 e. The van der Waals surface area contributed by atoms with Crippen molar-refractivity contribution < 1.29 is 9.18 Å². The first-order valence-electron chi connectivity index (χ1n) is 6.05. The lowest BCUT2D eigenvalue weighted by atomic mass is 10.0. The number of rotatable bonds is 1. The van der Waals surface area contributed by atoms with Gasteiger partial charge < -0.3 is 10.2 Å². The summed E-state index contributed by atoms with van der Waals surface area (Å²) >= 11 is 0. The number of fused-ring (bicyclic) bond motifs is 1. The molecule has 3 nitrogen and oxygen atoms in total. The van der Waals surface area contributed by atoms with Gasteiger partial charge in [0.1, 0.15) is 12.0 Å². The number of anilines is 1. The van der Waals surface area contributed by atoms with Crippen LogP contribution in [0.15, 0.2) is 48.5 Å². The summed E-state index contributed by atoms with van der Waals surface area (Å²) in [4.78, 5) is 13.9. The van der Waals surface area contributed by atoms with E-state index in [2.05, 4.69) is 5.32 Å². The maximum absolute atomic E-state index is 13.9. The van der Waals surface area contributed by atoms with Gasteiger partial charge in [-0.25, -0.2) is 4.39 Å². The van der Waals surface area contributed by atoms with Gasteiger partial charge in [-0.2, -0.15) is 0 Å². The zero-order valence-electron chi connectivity index (χ0n) is 10.4. The van der Waals surface area contributed by atoms with Crippen molar-refractivity contribution in [2.24, 2.45) is 0 Å². The fraction of sp³-hybridized carbons (Fsp3) is 0.133. The Morgan fingerprint density at radius 3 is 2.58 bits per heavy atom. The van der Waals surface area contributed by atoms with Gasteiger partial charge >= 0.3 is 0 Å². The summed E-state index contributed by atoms with van der Waals surface area (Å²) in [6, 6.07) is 13.8. The summed E-state index contributed by atoms with van der Waals surface area (Å²) in [5.74, 6) is -0.499. The van der Waals surface area contributed by atoms with Gasteiger partial charge in [-0.1, -0.05) is 30.3 Å². The predicted molar refractivity (Wildman–Crippen MR) is 71.5 cm³/mol. The molecule has 0 aliphatic carbocycles. The normalized spacial score (nSPS) is 17.9. The number of nitrogens with one attached hydrogen (secondary N) is 1. The minimum atomic E-state index is -0.483. The van der Waals surface area contributed by atoms with Gasteiger partial charge in [-0.15, -0.1) is 0 Å². The third-order valence-corrected chi connectivity index (χ3v) is 3.38. The van der Waals surface area contributed by atoms with Crippen LogP contribution in [0.2, 0.25) is 0 Å². The molecule has 1 atom stereocenters. The van der Waals surface area contributed by atoms with Crippen LogP contribution in [0.25, 0.3) is 0 Å². The number of nitrogens with zero attached hydrogens (tertiary/aromatic N) is 1. The highest BCUT2D eigenvalue weighted by Gasteiger charge is 2.30. The van der Waals surface area contributed by atoms with Gasteiger partial charge in [0, 0.05) is 12.6 Å². The van der Waals surface area contributed by atoms with Crippen LogP contribution >= 0.6 is 0 Å². The molecule has 96 valence electrons. The molecule has 0 saturated heterocycles. The van der Waals surface area contributed by atoms with Crippen LogP contribution in [0.3, 0.4) is 0 Å². The highest BCUT2D eigenvalue weighted by Crippen LogP contribution is 2.32. The third-order valence-electron chi connectivity index (χ3n) is 3.38. The van der Waals surface area contributed by atoms with E-state index in [1.54, 1.807) is 24.3 Å². The first-order chi connectivity index (χ1) is 9.18. The average molecular weight is 256 g/mol. The van der Waals surface area contributed by atoms with Gasteiger partial charge in [-0.05, 0) is 18.2 Å². The first-order valence-corrected chi connectivity index (χ1v) is 6.05. The highest BCUT2D eigenvalue weighted by molar-refractivity contribution is 6.01. The van der Waals surface area contributed by atoms with Crippen molar-refractivity contribution in [3.8, 4) is 0 Å². The van der Waals surface area contributed by atoms with Crippen LogP contribution in [-0.4, -0.2) is 13.0 Å². The van der Waals surface area contributed by atoms with Crippen LogP contribution in [0.4, 0.5) is 10.1 Å². The van der Waals surface area contributed by atoms with Crippen LogP contribution < -0.4 is 10.2 Å². The summed E-state index contributed by atoms with van der Waals surface area (Å²) in [5.41, 5.74) is 1.88. The molecule has 2 aromatic carbocycles. The van der Waals surface area contributed by atoms with E-state index in [1.165, 1.54) is 6.07 Å². The van der Waals surface area contributed by atoms with E-state index in [9.17, 15) is 9.18 Å². The molecule has 1 amide bonds. The second kappa shape index (κ2) is 4.39. The monoisotopic (exact) mass is 256 g/mol. The number of hydrogen-bond acceptors (Lipinski definition) is 2. The topological polar surface area (TPSA) is 32.3 Å². The van der Waals surface area contributed by atoms with E-state index < -0.39 is 6.17 Å². The molecule has 0 aromatic heterocycles. The second-order valence-corrected chi connectivity index (χ2v) is 4.53. The van der Waals surface area contributed by atoms with E-state index in [0.717, 1.165) is 5.69 Å². The van der Waals surface area contributed by atoms with Gasteiger partial charge in [-0.3, -0.25) is 4.79 Å². The Kier molecular flexibility index (Phi) is 2.71. The molecule has 3 rings (SSSR count). The number of hydrogen-bond donors (Lipinski definition) is 1. The Morgan fingerprint density at radius 2 is 1.79 bits per heavy atom. The van der Waals surface area contributed by atoms with Gasteiger partial charge in [0.25, 0.3) is 5.91 Å². The molecule has 0 saturated carbocycles. The Morgan fingerprint density at radius 1 is 1.11 bits per heavy atom. The van der Waals surface area contributed by atoms with E-state index in [1.807, 2.05) is 30.1 Å². The molecule has 0 unspecified atom stereocenters. The molecule has 1 heterocycles. The van der Waals surface area contributed by atoms with Crippen molar-refractivity contribution in [2.45, 2.75) is 6.17 Å². The molecule has 0 bridgehead atoms. The molecule has 0 spiro atoms. The predicted octanol–water partition coefficient (Wildman–Crippen LogP) is 2.70.